The molecule has 24 heavy (non-hydrogen) atoms. The Morgan fingerprint density at radius 2 is 2.25 bits per heavy atom. The molecule has 0 fully saturated rings. The lowest BCUT2D eigenvalue weighted by atomic mass is 9.85. The topological polar surface area (TPSA) is 91.0 Å². The SMILES string of the molecule is CCN/N=C1\CC(=O)N(CCCN)c2cc3c(cc21)CCC(O)C3. The number of fused-ring (bicyclic) bond motifs is 2. The lowest BCUT2D eigenvalue weighted by Crippen LogP contribution is -2.40. The van der Waals surface area contributed by atoms with Crippen LogP contribution in [-0.2, 0) is 17.6 Å². The number of hydrogen-bond acceptors (Lipinski definition) is 5. The Labute approximate surface area is 142 Å². The number of aliphatic hydroxyl groups is 1. The van der Waals surface area contributed by atoms with Crippen LogP contribution in [0.3, 0.4) is 0 Å². The minimum atomic E-state index is -0.290. The zero-order valence-corrected chi connectivity index (χ0v) is 14.2. The Morgan fingerprint density at radius 3 is 3.00 bits per heavy atom. The van der Waals surface area contributed by atoms with E-state index < -0.39 is 0 Å². The van der Waals surface area contributed by atoms with Gasteiger partial charge in [-0.3, -0.25) is 4.79 Å². The summed E-state index contributed by atoms with van der Waals surface area (Å²) in [5.74, 6) is 0.0592. The first-order valence-electron chi connectivity index (χ1n) is 8.78. The van der Waals surface area contributed by atoms with Crippen molar-refractivity contribution in [2.75, 3.05) is 24.5 Å². The predicted molar refractivity (Wildman–Crippen MR) is 95.3 cm³/mol. The highest BCUT2D eigenvalue weighted by Gasteiger charge is 2.30. The van der Waals surface area contributed by atoms with Gasteiger partial charge in [0.1, 0.15) is 0 Å². The zero-order chi connectivity index (χ0) is 17.1. The maximum atomic E-state index is 12.6. The summed E-state index contributed by atoms with van der Waals surface area (Å²) < 4.78 is 0. The summed E-state index contributed by atoms with van der Waals surface area (Å²) in [5.41, 5.74) is 13.7. The number of anilines is 1. The second kappa shape index (κ2) is 7.32. The van der Waals surface area contributed by atoms with Gasteiger partial charge in [-0.1, -0.05) is 0 Å². The van der Waals surface area contributed by atoms with Crippen LogP contribution in [-0.4, -0.2) is 42.5 Å². The summed E-state index contributed by atoms with van der Waals surface area (Å²) in [6.07, 6.45) is 3.11. The summed E-state index contributed by atoms with van der Waals surface area (Å²) in [5, 5.41) is 14.4. The van der Waals surface area contributed by atoms with Gasteiger partial charge in [-0.25, -0.2) is 0 Å². The average Bonchev–Trinajstić information content (AvgIpc) is 2.57. The number of amides is 1. The minimum Gasteiger partial charge on any atom is -0.393 e. The van der Waals surface area contributed by atoms with Gasteiger partial charge in [0.05, 0.1) is 23.9 Å². The van der Waals surface area contributed by atoms with Crippen LogP contribution in [0, 0.1) is 0 Å². The molecule has 1 atom stereocenters. The fourth-order valence-corrected chi connectivity index (χ4v) is 3.47. The smallest absolute Gasteiger partial charge is 0.233 e. The number of nitrogens with two attached hydrogens (primary N) is 1. The molecular formula is C18H26N4O2. The van der Waals surface area contributed by atoms with E-state index in [1.807, 2.05) is 11.8 Å². The van der Waals surface area contributed by atoms with Crippen molar-refractivity contribution >= 4 is 17.3 Å². The molecule has 6 nitrogen and oxygen atoms in total. The van der Waals surface area contributed by atoms with Gasteiger partial charge >= 0.3 is 0 Å². The second-order valence-electron chi connectivity index (χ2n) is 6.47. The maximum absolute atomic E-state index is 12.6. The maximum Gasteiger partial charge on any atom is 0.233 e. The van der Waals surface area contributed by atoms with Crippen LogP contribution in [0.25, 0.3) is 0 Å². The third kappa shape index (κ3) is 3.30. The molecule has 0 radical (unpaired) electrons. The van der Waals surface area contributed by atoms with Gasteiger partial charge in [0, 0.05) is 18.7 Å². The van der Waals surface area contributed by atoms with Crippen LogP contribution >= 0.6 is 0 Å². The normalized spacial score (nSPS) is 21.6. The van der Waals surface area contributed by atoms with Crippen molar-refractivity contribution in [3.63, 3.8) is 0 Å². The number of hydrogen-bond donors (Lipinski definition) is 3. The molecule has 2 aliphatic rings. The summed E-state index contributed by atoms with van der Waals surface area (Å²) in [7, 11) is 0. The Bertz CT molecular complexity index is 657. The molecule has 0 spiro atoms. The predicted octanol–water partition coefficient (Wildman–Crippen LogP) is 0.935. The summed E-state index contributed by atoms with van der Waals surface area (Å²) in [6, 6.07) is 4.23. The van der Waals surface area contributed by atoms with E-state index in [1.54, 1.807) is 0 Å². The van der Waals surface area contributed by atoms with E-state index in [0.29, 0.717) is 25.9 Å². The first-order valence-corrected chi connectivity index (χ1v) is 8.78. The number of aryl methyl sites for hydroxylation is 1. The highest BCUT2D eigenvalue weighted by atomic mass is 16.3. The lowest BCUT2D eigenvalue weighted by molar-refractivity contribution is -0.117. The quantitative estimate of drug-likeness (QED) is 0.701. The largest absolute Gasteiger partial charge is 0.393 e. The van der Waals surface area contributed by atoms with Gasteiger partial charge in [-0.05, 0) is 62.4 Å². The fraction of sp³-hybridized carbons (Fsp3) is 0.556. The van der Waals surface area contributed by atoms with Crippen molar-refractivity contribution in [2.24, 2.45) is 10.8 Å². The first kappa shape index (κ1) is 16.9. The minimum absolute atomic E-state index is 0.0592. The van der Waals surface area contributed by atoms with Crippen LogP contribution in [0.1, 0.15) is 42.9 Å². The van der Waals surface area contributed by atoms with E-state index in [4.69, 9.17) is 5.73 Å². The van der Waals surface area contributed by atoms with Crippen molar-refractivity contribution < 1.29 is 9.90 Å². The molecule has 1 aromatic carbocycles. The van der Waals surface area contributed by atoms with E-state index in [0.717, 1.165) is 48.3 Å². The van der Waals surface area contributed by atoms with Crippen LogP contribution in [0.5, 0.6) is 0 Å². The van der Waals surface area contributed by atoms with Crippen LogP contribution in [0.15, 0.2) is 17.2 Å². The first-order chi connectivity index (χ1) is 11.6. The summed E-state index contributed by atoms with van der Waals surface area (Å²) >= 11 is 0. The summed E-state index contributed by atoms with van der Waals surface area (Å²) in [4.78, 5) is 14.4. The Kier molecular flexibility index (Phi) is 5.16. The molecule has 3 rings (SSSR count). The van der Waals surface area contributed by atoms with Gasteiger partial charge in [-0.2, -0.15) is 5.10 Å². The van der Waals surface area contributed by atoms with Gasteiger partial charge < -0.3 is 21.2 Å². The van der Waals surface area contributed by atoms with E-state index in [1.165, 1.54) is 5.56 Å². The molecule has 6 heteroatoms. The molecular weight excluding hydrogens is 304 g/mol. The molecule has 1 unspecified atom stereocenters. The van der Waals surface area contributed by atoms with Gasteiger partial charge in [0.25, 0.3) is 0 Å². The standard InChI is InChI=1S/C18H26N4O2/c1-2-20-21-16-11-18(24)22(7-3-6-19)17-10-13-8-14(23)5-4-12(13)9-15(16)17/h9-10,14,20,23H,2-8,11,19H2,1H3/b21-16+. The number of carbonyl (C=O) groups excluding carboxylic acids is 1. The van der Waals surface area contributed by atoms with Crippen LogP contribution in [0.2, 0.25) is 0 Å². The van der Waals surface area contributed by atoms with Crippen molar-refractivity contribution in [2.45, 2.75) is 45.1 Å². The molecule has 4 N–H and O–H groups in total. The number of nitrogens with zero attached hydrogens (tertiary/aromatic N) is 2. The third-order valence-corrected chi connectivity index (χ3v) is 4.70. The van der Waals surface area contributed by atoms with Crippen LogP contribution in [0.4, 0.5) is 5.69 Å². The lowest BCUT2D eigenvalue weighted by Gasteiger charge is -2.33. The molecule has 0 saturated carbocycles. The van der Waals surface area contributed by atoms with Crippen LogP contribution < -0.4 is 16.1 Å². The average molecular weight is 330 g/mol. The molecule has 0 bridgehead atoms. The number of aliphatic hydroxyl groups excluding tert-OH is 1. The zero-order valence-electron chi connectivity index (χ0n) is 14.2. The number of carbonyl (C=O) groups is 1. The van der Waals surface area contributed by atoms with Crippen molar-refractivity contribution in [3.05, 3.63) is 28.8 Å². The third-order valence-electron chi connectivity index (χ3n) is 4.70. The number of hydrazone groups is 1. The number of benzene rings is 1. The van der Waals surface area contributed by atoms with Crippen molar-refractivity contribution in [1.29, 1.82) is 0 Å². The fourth-order valence-electron chi connectivity index (χ4n) is 3.47. The molecule has 0 saturated heterocycles. The second-order valence-corrected chi connectivity index (χ2v) is 6.47. The Hall–Kier alpha value is -1.92. The van der Waals surface area contributed by atoms with Crippen molar-refractivity contribution in [3.8, 4) is 0 Å². The monoisotopic (exact) mass is 330 g/mol. The molecule has 1 heterocycles. The Balaban J connectivity index is 2.05. The van der Waals surface area contributed by atoms with E-state index in [-0.39, 0.29) is 12.0 Å². The molecule has 130 valence electrons. The molecule has 1 aromatic rings. The Morgan fingerprint density at radius 1 is 1.42 bits per heavy atom. The van der Waals surface area contributed by atoms with E-state index in [9.17, 15) is 9.90 Å². The molecule has 1 amide bonds. The van der Waals surface area contributed by atoms with Gasteiger partial charge in [-0.15, -0.1) is 0 Å². The highest BCUT2D eigenvalue weighted by Crippen LogP contribution is 2.34. The van der Waals surface area contributed by atoms with Gasteiger partial charge in [0.15, 0.2) is 0 Å². The number of nitrogens with one attached hydrogen (secondary N) is 1. The van der Waals surface area contributed by atoms with Gasteiger partial charge in [0.2, 0.25) is 5.91 Å². The molecule has 1 aliphatic heterocycles. The van der Waals surface area contributed by atoms with E-state index in [2.05, 4.69) is 22.7 Å². The van der Waals surface area contributed by atoms with E-state index >= 15 is 0 Å². The number of rotatable bonds is 5. The highest BCUT2D eigenvalue weighted by molar-refractivity contribution is 6.21. The molecule has 0 aromatic heterocycles. The van der Waals surface area contributed by atoms with Crippen molar-refractivity contribution in [1.82, 2.24) is 5.43 Å². The molecule has 1 aliphatic carbocycles. The summed E-state index contributed by atoms with van der Waals surface area (Å²) in [6.45, 7) is 3.89.